The van der Waals surface area contributed by atoms with Gasteiger partial charge in [-0.25, -0.2) is 0 Å². The van der Waals surface area contributed by atoms with Crippen LogP contribution in [-0.4, -0.2) is 30.8 Å². The highest BCUT2D eigenvalue weighted by molar-refractivity contribution is 5.66. The number of aliphatic carboxylic acids is 1. The molecule has 1 aromatic rings. The third-order valence-electron chi connectivity index (χ3n) is 2.59. The molecule has 0 saturated carbocycles. The maximum Gasteiger partial charge on any atom is 0.304 e. The van der Waals surface area contributed by atoms with Crippen molar-refractivity contribution in [2.24, 2.45) is 5.92 Å². The normalized spacial score (nSPS) is 10.7. The van der Waals surface area contributed by atoms with E-state index in [1.165, 1.54) is 5.56 Å². The average Bonchev–Trinajstić information content (AvgIpc) is 2.36. The SMILES string of the molecule is CC(C)COc1cccc(CCNCCC(=O)O)c1. The zero-order valence-electron chi connectivity index (χ0n) is 11.7. The molecule has 4 nitrogen and oxygen atoms in total. The van der Waals surface area contributed by atoms with Crippen molar-refractivity contribution in [1.29, 1.82) is 0 Å². The van der Waals surface area contributed by atoms with Crippen LogP contribution in [0.3, 0.4) is 0 Å². The summed E-state index contributed by atoms with van der Waals surface area (Å²) in [5.74, 6) is 0.648. The summed E-state index contributed by atoms with van der Waals surface area (Å²) in [7, 11) is 0. The standard InChI is InChI=1S/C15H23NO3/c1-12(2)11-19-14-5-3-4-13(10-14)6-8-16-9-7-15(17)18/h3-5,10,12,16H,6-9,11H2,1-2H3,(H,17,18). The molecule has 4 heteroatoms. The highest BCUT2D eigenvalue weighted by Gasteiger charge is 2.00. The van der Waals surface area contributed by atoms with Crippen molar-refractivity contribution in [1.82, 2.24) is 5.32 Å². The van der Waals surface area contributed by atoms with Gasteiger partial charge >= 0.3 is 5.97 Å². The molecule has 0 aliphatic heterocycles. The molecule has 0 unspecified atom stereocenters. The average molecular weight is 265 g/mol. The Kier molecular flexibility index (Phi) is 6.97. The molecule has 0 amide bonds. The first-order chi connectivity index (χ1) is 9.08. The van der Waals surface area contributed by atoms with E-state index in [-0.39, 0.29) is 6.42 Å². The number of carboxylic acid groups (broad SMARTS) is 1. The summed E-state index contributed by atoms with van der Waals surface area (Å²) in [5, 5.41) is 11.6. The number of carboxylic acids is 1. The van der Waals surface area contributed by atoms with E-state index in [1.807, 2.05) is 18.2 Å². The predicted octanol–water partition coefficient (Wildman–Crippen LogP) is 2.33. The summed E-state index contributed by atoms with van der Waals surface area (Å²) < 4.78 is 5.67. The lowest BCUT2D eigenvalue weighted by Gasteiger charge is -2.10. The Morgan fingerprint density at radius 2 is 2.16 bits per heavy atom. The van der Waals surface area contributed by atoms with Crippen LogP contribution in [0.25, 0.3) is 0 Å². The van der Waals surface area contributed by atoms with Gasteiger partial charge in [-0.15, -0.1) is 0 Å². The molecule has 0 spiro atoms. The zero-order valence-corrected chi connectivity index (χ0v) is 11.7. The van der Waals surface area contributed by atoms with Crippen molar-refractivity contribution in [2.45, 2.75) is 26.7 Å². The van der Waals surface area contributed by atoms with Gasteiger partial charge in [-0.05, 0) is 36.6 Å². The van der Waals surface area contributed by atoms with Crippen molar-refractivity contribution in [2.75, 3.05) is 19.7 Å². The summed E-state index contributed by atoms with van der Waals surface area (Å²) in [4.78, 5) is 10.3. The van der Waals surface area contributed by atoms with Crippen LogP contribution < -0.4 is 10.1 Å². The van der Waals surface area contributed by atoms with Gasteiger partial charge in [0.25, 0.3) is 0 Å². The molecule has 106 valence electrons. The third kappa shape index (κ3) is 7.47. The summed E-state index contributed by atoms with van der Waals surface area (Å²) in [6, 6.07) is 8.05. The largest absolute Gasteiger partial charge is 0.493 e. The van der Waals surface area contributed by atoms with Gasteiger partial charge in [-0.2, -0.15) is 0 Å². The lowest BCUT2D eigenvalue weighted by Crippen LogP contribution is -2.20. The van der Waals surface area contributed by atoms with Gasteiger partial charge in [0.2, 0.25) is 0 Å². The first-order valence-electron chi connectivity index (χ1n) is 6.72. The summed E-state index contributed by atoms with van der Waals surface area (Å²) in [5.41, 5.74) is 1.20. The van der Waals surface area contributed by atoms with Crippen molar-refractivity contribution >= 4 is 5.97 Å². The Bertz CT molecular complexity index is 391. The fraction of sp³-hybridized carbons (Fsp3) is 0.533. The maximum atomic E-state index is 10.3. The van der Waals surface area contributed by atoms with Crippen molar-refractivity contribution in [3.8, 4) is 5.75 Å². The zero-order chi connectivity index (χ0) is 14.1. The molecule has 1 aromatic carbocycles. The number of ether oxygens (including phenoxy) is 1. The highest BCUT2D eigenvalue weighted by atomic mass is 16.5. The molecule has 0 radical (unpaired) electrons. The van der Waals surface area contributed by atoms with Crippen LogP contribution in [0.1, 0.15) is 25.8 Å². The van der Waals surface area contributed by atoms with Gasteiger partial charge in [-0.3, -0.25) is 4.79 Å². The van der Waals surface area contributed by atoms with Gasteiger partial charge in [0.05, 0.1) is 13.0 Å². The van der Waals surface area contributed by atoms with E-state index in [2.05, 4.69) is 25.2 Å². The number of nitrogens with one attached hydrogen (secondary N) is 1. The monoisotopic (exact) mass is 265 g/mol. The topological polar surface area (TPSA) is 58.6 Å². The lowest BCUT2D eigenvalue weighted by atomic mass is 10.1. The molecule has 0 heterocycles. The van der Waals surface area contributed by atoms with E-state index < -0.39 is 5.97 Å². The lowest BCUT2D eigenvalue weighted by molar-refractivity contribution is -0.136. The minimum absolute atomic E-state index is 0.164. The Hall–Kier alpha value is -1.55. The Balaban J connectivity index is 2.29. The number of benzene rings is 1. The Morgan fingerprint density at radius 1 is 1.37 bits per heavy atom. The van der Waals surface area contributed by atoms with Gasteiger partial charge in [0, 0.05) is 6.54 Å². The van der Waals surface area contributed by atoms with Crippen LogP contribution in [0.2, 0.25) is 0 Å². The Labute approximate surface area is 114 Å². The first-order valence-corrected chi connectivity index (χ1v) is 6.72. The smallest absolute Gasteiger partial charge is 0.304 e. The second kappa shape index (κ2) is 8.53. The molecule has 2 N–H and O–H groups in total. The summed E-state index contributed by atoms with van der Waals surface area (Å²) >= 11 is 0. The number of rotatable bonds is 9. The molecule has 0 atom stereocenters. The van der Waals surface area contributed by atoms with Crippen LogP contribution >= 0.6 is 0 Å². The quantitative estimate of drug-likeness (QED) is 0.673. The number of hydrogen-bond donors (Lipinski definition) is 2. The number of hydrogen-bond acceptors (Lipinski definition) is 3. The van der Waals surface area contributed by atoms with Gasteiger partial charge < -0.3 is 15.2 Å². The third-order valence-corrected chi connectivity index (χ3v) is 2.59. The van der Waals surface area contributed by atoms with Crippen LogP contribution in [0, 0.1) is 5.92 Å². The van der Waals surface area contributed by atoms with Crippen LogP contribution in [-0.2, 0) is 11.2 Å². The summed E-state index contributed by atoms with van der Waals surface area (Å²) in [6.45, 7) is 6.26. The molecule has 0 saturated heterocycles. The predicted molar refractivity (Wildman–Crippen MR) is 75.6 cm³/mol. The van der Waals surface area contributed by atoms with Crippen molar-refractivity contribution in [3.63, 3.8) is 0 Å². The van der Waals surface area contributed by atoms with E-state index in [4.69, 9.17) is 9.84 Å². The molecule has 0 fully saturated rings. The molecule has 19 heavy (non-hydrogen) atoms. The molecule has 0 aromatic heterocycles. The van der Waals surface area contributed by atoms with E-state index in [0.29, 0.717) is 12.5 Å². The van der Waals surface area contributed by atoms with Gasteiger partial charge in [-0.1, -0.05) is 26.0 Å². The second-order valence-electron chi connectivity index (χ2n) is 5.00. The van der Waals surface area contributed by atoms with Crippen LogP contribution in [0.5, 0.6) is 5.75 Å². The fourth-order valence-electron chi connectivity index (χ4n) is 1.61. The fourth-order valence-corrected chi connectivity index (χ4v) is 1.61. The summed E-state index contributed by atoms with van der Waals surface area (Å²) in [6.07, 6.45) is 1.04. The molecule has 1 rings (SSSR count). The minimum Gasteiger partial charge on any atom is -0.493 e. The Morgan fingerprint density at radius 3 is 2.84 bits per heavy atom. The van der Waals surface area contributed by atoms with Gasteiger partial charge in [0.1, 0.15) is 5.75 Å². The van der Waals surface area contributed by atoms with E-state index >= 15 is 0 Å². The molecular formula is C15H23NO3. The van der Waals surface area contributed by atoms with E-state index in [9.17, 15) is 4.79 Å². The molecular weight excluding hydrogens is 242 g/mol. The maximum absolute atomic E-state index is 10.3. The van der Waals surface area contributed by atoms with Crippen molar-refractivity contribution < 1.29 is 14.6 Å². The van der Waals surface area contributed by atoms with Crippen molar-refractivity contribution in [3.05, 3.63) is 29.8 Å². The minimum atomic E-state index is -0.767. The van der Waals surface area contributed by atoms with E-state index in [0.717, 1.165) is 25.3 Å². The van der Waals surface area contributed by atoms with Crippen LogP contribution in [0.15, 0.2) is 24.3 Å². The molecule has 0 aliphatic carbocycles. The second-order valence-corrected chi connectivity index (χ2v) is 5.00. The number of carbonyl (C=O) groups is 1. The van der Waals surface area contributed by atoms with Crippen LogP contribution in [0.4, 0.5) is 0 Å². The first kappa shape index (κ1) is 15.5. The molecule has 0 aliphatic rings. The molecule has 0 bridgehead atoms. The van der Waals surface area contributed by atoms with E-state index in [1.54, 1.807) is 0 Å². The van der Waals surface area contributed by atoms with Gasteiger partial charge in [0.15, 0.2) is 0 Å². The highest BCUT2D eigenvalue weighted by Crippen LogP contribution is 2.14.